The van der Waals surface area contributed by atoms with Crippen molar-refractivity contribution in [2.75, 3.05) is 45.9 Å². The molecule has 0 spiro atoms. The SMILES string of the molecule is O[C@]1(c2ccccc2)CCN(CC2CCCCC2)C[C@H]1N1CCOCC1. The standard InChI is InChI=1S/C22H34N2O2/c25-22(20-9-5-2-6-10-20)11-12-23(17-19-7-3-1-4-8-19)18-21(22)24-13-15-26-16-14-24/h2,5-6,9-10,19,21,25H,1,3-4,7-8,11-18H2/t21-,22+/m1/s1. The van der Waals surface area contributed by atoms with Gasteiger partial charge >= 0.3 is 0 Å². The zero-order chi connectivity index (χ0) is 17.8. The number of piperidine rings is 1. The van der Waals surface area contributed by atoms with Crippen molar-refractivity contribution < 1.29 is 9.84 Å². The molecule has 1 saturated carbocycles. The van der Waals surface area contributed by atoms with Gasteiger partial charge in [0.2, 0.25) is 0 Å². The van der Waals surface area contributed by atoms with Crippen molar-refractivity contribution in [1.82, 2.24) is 9.80 Å². The van der Waals surface area contributed by atoms with E-state index in [9.17, 15) is 5.11 Å². The van der Waals surface area contributed by atoms with Crippen LogP contribution >= 0.6 is 0 Å². The van der Waals surface area contributed by atoms with Gasteiger partial charge in [-0.1, -0.05) is 49.6 Å². The van der Waals surface area contributed by atoms with Crippen molar-refractivity contribution in [3.8, 4) is 0 Å². The molecule has 4 rings (SSSR count). The first-order valence-corrected chi connectivity index (χ1v) is 10.6. The first-order chi connectivity index (χ1) is 12.8. The topological polar surface area (TPSA) is 35.9 Å². The molecule has 0 aromatic heterocycles. The number of hydrogen-bond acceptors (Lipinski definition) is 4. The molecule has 0 radical (unpaired) electrons. The number of hydrogen-bond donors (Lipinski definition) is 1. The maximum absolute atomic E-state index is 11.8. The number of morpholine rings is 1. The van der Waals surface area contributed by atoms with Crippen LogP contribution in [0.25, 0.3) is 0 Å². The Morgan fingerprint density at radius 1 is 1.00 bits per heavy atom. The van der Waals surface area contributed by atoms with Crippen LogP contribution in [0.4, 0.5) is 0 Å². The van der Waals surface area contributed by atoms with E-state index in [1.807, 2.05) is 6.07 Å². The van der Waals surface area contributed by atoms with Gasteiger partial charge in [-0.2, -0.15) is 0 Å². The third-order valence-electron chi connectivity index (χ3n) is 6.79. The Balaban J connectivity index is 1.51. The molecule has 2 heterocycles. The summed E-state index contributed by atoms with van der Waals surface area (Å²) < 4.78 is 5.58. The monoisotopic (exact) mass is 358 g/mol. The Hall–Kier alpha value is -0.940. The second-order valence-electron chi connectivity index (χ2n) is 8.47. The summed E-state index contributed by atoms with van der Waals surface area (Å²) in [6, 6.07) is 10.5. The second-order valence-corrected chi connectivity index (χ2v) is 8.47. The number of aliphatic hydroxyl groups is 1. The van der Waals surface area contributed by atoms with Gasteiger partial charge in [0.1, 0.15) is 5.60 Å². The van der Waals surface area contributed by atoms with Gasteiger partial charge in [0.15, 0.2) is 0 Å². The van der Waals surface area contributed by atoms with Crippen LogP contribution in [0.1, 0.15) is 44.1 Å². The molecule has 4 nitrogen and oxygen atoms in total. The van der Waals surface area contributed by atoms with Crippen LogP contribution in [0.15, 0.2) is 30.3 Å². The van der Waals surface area contributed by atoms with Crippen molar-refractivity contribution in [2.24, 2.45) is 5.92 Å². The van der Waals surface area contributed by atoms with Crippen LogP contribution < -0.4 is 0 Å². The van der Waals surface area contributed by atoms with E-state index in [1.54, 1.807) is 0 Å². The number of nitrogens with zero attached hydrogens (tertiary/aromatic N) is 2. The van der Waals surface area contributed by atoms with Crippen molar-refractivity contribution in [3.63, 3.8) is 0 Å². The Kier molecular flexibility index (Phi) is 5.94. The van der Waals surface area contributed by atoms with E-state index in [0.29, 0.717) is 0 Å². The summed E-state index contributed by atoms with van der Waals surface area (Å²) in [5, 5.41) is 11.8. The molecule has 0 unspecified atom stereocenters. The van der Waals surface area contributed by atoms with E-state index in [1.165, 1.54) is 38.6 Å². The van der Waals surface area contributed by atoms with E-state index in [0.717, 1.165) is 57.3 Å². The Bertz CT molecular complexity index is 555. The van der Waals surface area contributed by atoms with Crippen molar-refractivity contribution >= 4 is 0 Å². The van der Waals surface area contributed by atoms with Crippen LogP contribution in [-0.4, -0.2) is 66.9 Å². The van der Waals surface area contributed by atoms with Crippen molar-refractivity contribution in [1.29, 1.82) is 0 Å². The lowest BCUT2D eigenvalue weighted by Gasteiger charge is -2.51. The van der Waals surface area contributed by atoms with Gasteiger partial charge < -0.3 is 14.7 Å². The molecular weight excluding hydrogens is 324 g/mol. The lowest BCUT2D eigenvalue weighted by Crippen LogP contribution is -2.62. The van der Waals surface area contributed by atoms with Gasteiger partial charge in [0.25, 0.3) is 0 Å². The Morgan fingerprint density at radius 3 is 2.46 bits per heavy atom. The minimum atomic E-state index is -0.748. The number of rotatable bonds is 4. The fourth-order valence-electron chi connectivity index (χ4n) is 5.25. The third-order valence-corrected chi connectivity index (χ3v) is 6.79. The molecule has 3 fully saturated rings. The molecular formula is C22H34N2O2. The predicted molar refractivity (Wildman–Crippen MR) is 104 cm³/mol. The van der Waals surface area contributed by atoms with Gasteiger partial charge in [-0.3, -0.25) is 4.90 Å². The Morgan fingerprint density at radius 2 is 1.73 bits per heavy atom. The molecule has 1 aromatic carbocycles. The highest BCUT2D eigenvalue weighted by Crippen LogP contribution is 2.37. The van der Waals surface area contributed by atoms with Crippen LogP contribution in [0, 0.1) is 5.92 Å². The first-order valence-electron chi connectivity index (χ1n) is 10.6. The fraction of sp³-hybridized carbons (Fsp3) is 0.727. The smallest absolute Gasteiger partial charge is 0.108 e. The molecule has 144 valence electrons. The van der Waals surface area contributed by atoms with E-state index in [2.05, 4.69) is 34.1 Å². The van der Waals surface area contributed by atoms with Gasteiger partial charge in [-0.05, 0) is 30.7 Å². The number of likely N-dealkylation sites (tertiary alicyclic amines) is 1. The quantitative estimate of drug-likeness (QED) is 0.898. The molecule has 2 saturated heterocycles. The molecule has 0 amide bonds. The Labute approximate surface area is 158 Å². The maximum Gasteiger partial charge on any atom is 0.108 e. The molecule has 1 N–H and O–H groups in total. The maximum atomic E-state index is 11.8. The summed E-state index contributed by atoms with van der Waals surface area (Å²) >= 11 is 0. The van der Waals surface area contributed by atoms with Crippen LogP contribution in [-0.2, 0) is 10.3 Å². The zero-order valence-electron chi connectivity index (χ0n) is 16.0. The number of ether oxygens (including phenoxy) is 1. The lowest BCUT2D eigenvalue weighted by molar-refractivity contribution is -0.120. The highest BCUT2D eigenvalue weighted by atomic mass is 16.5. The lowest BCUT2D eigenvalue weighted by atomic mass is 9.78. The largest absolute Gasteiger partial charge is 0.383 e. The summed E-state index contributed by atoms with van der Waals surface area (Å²) in [4.78, 5) is 5.11. The molecule has 4 heteroatoms. The predicted octanol–water partition coefficient (Wildman–Crippen LogP) is 2.86. The zero-order valence-corrected chi connectivity index (χ0v) is 16.0. The van der Waals surface area contributed by atoms with Gasteiger partial charge in [0.05, 0.1) is 19.3 Å². The van der Waals surface area contributed by atoms with Crippen molar-refractivity contribution in [3.05, 3.63) is 35.9 Å². The summed E-state index contributed by atoms with van der Waals surface area (Å²) in [7, 11) is 0. The van der Waals surface area contributed by atoms with Gasteiger partial charge in [-0.15, -0.1) is 0 Å². The molecule has 2 aliphatic heterocycles. The summed E-state index contributed by atoms with van der Waals surface area (Å²) in [5.74, 6) is 0.858. The normalized spacial score (nSPS) is 32.6. The summed E-state index contributed by atoms with van der Waals surface area (Å²) in [5.41, 5.74) is 0.329. The third kappa shape index (κ3) is 3.99. The molecule has 0 bridgehead atoms. The minimum Gasteiger partial charge on any atom is -0.383 e. The fourth-order valence-corrected chi connectivity index (χ4v) is 5.25. The van der Waals surface area contributed by atoms with Gasteiger partial charge in [0, 0.05) is 32.7 Å². The minimum absolute atomic E-state index is 0.158. The van der Waals surface area contributed by atoms with Crippen LogP contribution in [0.5, 0.6) is 0 Å². The van der Waals surface area contributed by atoms with Crippen molar-refractivity contribution in [2.45, 2.75) is 50.2 Å². The van der Waals surface area contributed by atoms with Crippen LogP contribution in [0.2, 0.25) is 0 Å². The van der Waals surface area contributed by atoms with Gasteiger partial charge in [-0.25, -0.2) is 0 Å². The molecule has 1 aliphatic carbocycles. The molecule has 1 aromatic rings. The van der Waals surface area contributed by atoms with E-state index < -0.39 is 5.60 Å². The highest BCUT2D eigenvalue weighted by Gasteiger charge is 2.46. The molecule has 2 atom stereocenters. The first kappa shape index (κ1) is 18.4. The summed E-state index contributed by atoms with van der Waals surface area (Å²) in [6.45, 7) is 6.61. The highest BCUT2D eigenvalue weighted by molar-refractivity contribution is 5.26. The molecule has 26 heavy (non-hydrogen) atoms. The van der Waals surface area contributed by atoms with E-state index >= 15 is 0 Å². The summed E-state index contributed by atoms with van der Waals surface area (Å²) in [6.07, 6.45) is 7.83. The number of benzene rings is 1. The average Bonchev–Trinajstić information content (AvgIpc) is 2.72. The van der Waals surface area contributed by atoms with Crippen LogP contribution in [0.3, 0.4) is 0 Å². The van der Waals surface area contributed by atoms with E-state index in [4.69, 9.17) is 4.74 Å². The van der Waals surface area contributed by atoms with E-state index in [-0.39, 0.29) is 6.04 Å². The second kappa shape index (κ2) is 8.39. The average molecular weight is 359 g/mol. The molecule has 3 aliphatic rings.